The molecular weight excluding hydrogens is 477 g/mol. The lowest BCUT2D eigenvalue weighted by molar-refractivity contribution is -0.192. The van der Waals surface area contributed by atoms with Crippen LogP contribution in [0.25, 0.3) is 11.6 Å². The minimum atomic E-state index is -5.08. The lowest BCUT2D eigenvalue weighted by Gasteiger charge is -2.36. The van der Waals surface area contributed by atoms with Crippen molar-refractivity contribution in [2.75, 3.05) is 12.4 Å². The molecule has 5 rings (SSSR count). The van der Waals surface area contributed by atoms with Gasteiger partial charge in [-0.1, -0.05) is 0 Å². The maximum absolute atomic E-state index is 10.6. The van der Waals surface area contributed by atoms with Crippen molar-refractivity contribution in [3.8, 4) is 5.88 Å². The Labute approximate surface area is 199 Å². The second kappa shape index (κ2) is 10.0. The number of piperidine rings is 1. The third-order valence-corrected chi connectivity index (χ3v) is 6.12. The van der Waals surface area contributed by atoms with Crippen LogP contribution in [-0.2, 0) is 4.79 Å². The molecule has 34 heavy (non-hydrogen) atoms. The number of carboxylic acid groups (broad SMARTS) is 1. The summed E-state index contributed by atoms with van der Waals surface area (Å²) in [5.74, 6) is -1.42. The molecular formula is C21H24ClF3N6O3. The molecule has 0 spiro atoms. The Morgan fingerprint density at radius 3 is 2.56 bits per heavy atom. The summed E-state index contributed by atoms with van der Waals surface area (Å²) < 4.78 is 31.7. The van der Waals surface area contributed by atoms with E-state index in [1.165, 1.54) is 12.8 Å². The zero-order chi connectivity index (χ0) is 23.8. The monoisotopic (exact) mass is 500 g/mol. The van der Waals surface area contributed by atoms with Crippen molar-refractivity contribution in [3.63, 3.8) is 0 Å². The van der Waals surface area contributed by atoms with Crippen molar-refractivity contribution in [1.29, 1.82) is 0 Å². The molecule has 2 saturated heterocycles. The SMILES string of the molecule is CN1[C@@H]2CC[C@H]1CC(Nc1nc(O)c(C=C3C=Nc4ncccc43)[nH]1)C2.Cl.O=C(O)C(F)(F)F. The molecule has 1 unspecified atom stereocenters. The van der Waals surface area contributed by atoms with Gasteiger partial charge in [0, 0.05) is 41.7 Å². The number of aromatic nitrogens is 3. The van der Waals surface area contributed by atoms with Crippen LogP contribution in [0, 0.1) is 0 Å². The van der Waals surface area contributed by atoms with Gasteiger partial charge >= 0.3 is 12.1 Å². The maximum atomic E-state index is 10.6. The van der Waals surface area contributed by atoms with Crippen molar-refractivity contribution in [2.24, 2.45) is 4.99 Å². The van der Waals surface area contributed by atoms with Gasteiger partial charge in [0.15, 0.2) is 5.82 Å². The largest absolute Gasteiger partial charge is 0.492 e. The van der Waals surface area contributed by atoms with Gasteiger partial charge in [0.2, 0.25) is 11.8 Å². The number of anilines is 1. The molecule has 0 radical (unpaired) electrons. The molecule has 0 aliphatic carbocycles. The zero-order valence-electron chi connectivity index (χ0n) is 18.1. The van der Waals surface area contributed by atoms with Crippen LogP contribution in [0.5, 0.6) is 5.88 Å². The highest BCUT2D eigenvalue weighted by molar-refractivity contribution is 6.20. The average molecular weight is 501 g/mol. The number of imidazole rings is 1. The molecule has 2 fully saturated rings. The number of H-pyrrole nitrogens is 1. The van der Waals surface area contributed by atoms with Crippen LogP contribution < -0.4 is 5.32 Å². The molecule has 2 aromatic rings. The van der Waals surface area contributed by atoms with Gasteiger partial charge < -0.3 is 25.4 Å². The Balaban J connectivity index is 0.000000357. The highest BCUT2D eigenvalue weighted by atomic mass is 35.5. The van der Waals surface area contributed by atoms with Gasteiger partial charge in [0.25, 0.3) is 0 Å². The molecule has 184 valence electrons. The second-order valence-corrected chi connectivity index (χ2v) is 8.22. The topological polar surface area (TPSA) is 127 Å². The number of fused-ring (bicyclic) bond motifs is 3. The van der Waals surface area contributed by atoms with Crippen molar-refractivity contribution >= 4 is 48.0 Å². The average Bonchev–Trinajstić information content (AvgIpc) is 3.36. The number of aliphatic carboxylic acids is 1. The molecule has 0 amide bonds. The minimum absolute atomic E-state index is 0. The summed E-state index contributed by atoms with van der Waals surface area (Å²) >= 11 is 0. The number of hydrogen-bond donors (Lipinski definition) is 4. The number of carboxylic acids is 1. The number of allylic oxidation sites excluding steroid dienone is 1. The first-order valence-corrected chi connectivity index (χ1v) is 10.4. The molecule has 2 aromatic heterocycles. The van der Waals surface area contributed by atoms with Crippen molar-refractivity contribution in [3.05, 3.63) is 29.6 Å². The van der Waals surface area contributed by atoms with Gasteiger partial charge in [-0.05, 0) is 50.9 Å². The van der Waals surface area contributed by atoms with Crippen LogP contribution in [0.4, 0.5) is 24.9 Å². The number of halogens is 4. The molecule has 0 saturated carbocycles. The predicted molar refractivity (Wildman–Crippen MR) is 123 cm³/mol. The number of carbonyl (C=O) groups is 1. The first-order valence-electron chi connectivity index (χ1n) is 10.4. The summed E-state index contributed by atoms with van der Waals surface area (Å²) in [4.78, 5) is 27.4. The normalized spacial score (nSPS) is 24.2. The molecule has 3 atom stereocenters. The van der Waals surface area contributed by atoms with E-state index in [1.54, 1.807) is 12.4 Å². The quantitative estimate of drug-likeness (QED) is 0.504. The fourth-order valence-electron chi connectivity index (χ4n) is 4.47. The second-order valence-electron chi connectivity index (χ2n) is 8.22. The van der Waals surface area contributed by atoms with E-state index in [0.717, 1.165) is 24.0 Å². The van der Waals surface area contributed by atoms with Crippen LogP contribution in [-0.4, -0.2) is 73.6 Å². The van der Waals surface area contributed by atoms with Crippen LogP contribution in [0.1, 0.15) is 36.9 Å². The van der Waals surface area contributed by atoms with Crippen molar-refractivity contribution in [2.45, 2.75) is 50.0 Å². The number of alkyl halides is 3. The fourth-order valence-corrected chi connectivity index (χ4v) is 4.47. The lowest BCUT2D eigenvalue weighted by Crippen LogP contribution is -2.44. The lowest BCUT2D eigenvalue weighted by atomic mass is 9.98. The van der Waals surface area contributed by atoms with E-state index in [2.05, 4.69) is 37.2 Å². The molecule has 3 aliphatic heterocycles. The fraction of sp³-hybridized carbons (Fsp3) is 0.429. The van der Waals surface area contributed by atoms with Gasteiger partial charge in [0.05, 0.1) is 0 Å². The van der Waals surface area contributed by atoms with E-state index in [9.17, 15) is 18.3 Å². The number of nitrogens with zero attached hydrogens (tertiary/aromatic N) is 4. The number of aromatic hydroxyl groups is 1. The predicted octanol–water partition coefficient (Wildman–Crippen LogP) is 3.86. The van der Waals surface area contributed by atoms with E-state index in [0.29, 0.717) is 35.6 Å². The number of pyridine rings is 1. The van der Waals surface area contributed by atoms with Crippen molar-refractivity contribution in [1.82, 2.24) is 19.9 Å². The van der Waals surface area contributed by atoms with E-state index < -0.39 is 12.1 Å². The number of rotatable bonds is 3. The molecule has 5 heterocycles. The van der Waals surface area contributed by atoms with Gasteiger partial charge in [-0.15, -0.1) is 12.4 Å². The maximum Gasteiger partial charge on any atom is 0.490 e. The number of nitrogens with one attached hydrogen (secondary N) is 2. The highest BCUT2D eigenvalue weighted by Gasteiger charge is 2.39. The van der Waals surface area contributed by atoms with E-state index >= 15 is 0 Å². The summed E-state index contributed by atoms with van der Waals surface area (Å²) in [5.41, 5.74) is 2.46. The number of aliphatic imine (C=N–C) groups is 1. The van der Waals surface area contributed by atoms with Crippen LogP contribution >= 0.6 is 12.4 Å². The van der Waals surface area contributed by atoms with Crippen molar-refractivity contribution < 1.29 is 28.2 Å². The minimum Gasteiger partial charge on any atom is -0.492 e. The third kappa shape index (κ3) is 5.50. The third-order valence-electron chi connectivity index (χ3n) is 6.12. The zero-order valence-corrected chi connectivity index (χ0v) is 18.9. The first-order chi connectivity index (χ1) is 15.6. The highest BCUT2D eigenvalue weighted by Crippen LogP contribution is 2.36. The smallest absolute Gasteiger partial charge is 0.490 e. The molecule has 9 nitrogen and oxygen atoms in total. The van der Waals surface area contributed by atoms with E-state index in [1.807, 2.05) is 18.2 Å². The summed E-state index contributed by atoms with van der Waals surface area (Å²) in [6.07, 6.45) is 5.08. The van der Waals surface area contributed by atoms with Gasteiger partial charge in [-0.25, -0.2) is 14.8 Å². The molecule has 13 heteroatoms. The Bertz CT molecular complexity index is 1090. The molecule has 4 N–H and O–H groups in total. The van der Waals surface area contributed by atoms with E-state index in [-0.39, 0.29) is 18.3 Å². The van der Waals surface area contributed by atoms with Crippen LogP contribution in [0.15, 0.2) is 23.3 Å². The Morgan fingerprint density at radius 2 is 1.94 bits per heavy atom. The summed E-state index contributed by atoms with van der Waals surface area (Å²) in [6.45, 7) is 0. The Hall–Kier alpha value is -3.12. The summed E-state index contributed by atoms with van der Waals surface area (Å²) in [5, 5.41) is 20.8. The standard InChI is InChI=1S/C19H22N6O.C2HF3O2.ClH/c1-25-13-4-5-14(25)9-12(8-13)22-19-23-16(18(26)24-19)7-11-10-21-17-15(11)3-2-6-20-17;3-2(4,5)1(6)7;/h2-3,6-7,10,12-14,26H,4-5,8-9H2,1H3,(H2,22,23,24);(H,6,7);1H/t12?,13-,14+;;. The van der Waals surface area contributed by atoms with Crippen LogP contribution in [0.3, 0.4) is 0 Å². The molecule has 2 bridgehead atoms. The molecule has 0 aromatic carbocycles. The molecule has 3 aliphatic rings. The summed E-state index contributed by atoms with van der Waals surface area (Å²) in [7, 11) is 2.23. The van der Waals surface area contributed by atoms with Crippen LogP contribution in [0.2, 0.25) is 0 Å². The first kappa shape index (κ1) is 25.5. The Kier molecular flexibility index (Phi) is 7.51. The van der Waals surface area contributed by atoms with Gasteiger partial charge in [-0.2, -0.15) is 18.2 Å². The Morgan fingerprint density at radius 1 is 1.29 bits per heavy atom. The summed E-state index contributed by atoms with van der Waals surface area (Å²) in [6, 6.07) is 5.58. The van der Waals surface area contributed by atoms with Gasteiger partial charge in [-0.3, -0.25) is 0 Å². The van der Waals surface area contributed by atoms with Gasteiger partial charge in [0.1, 0.15) is 5.69 Å². The van der Waals surface area contributed by atoms with E-state index in [4.69, 9.17) is 9.90 Å². The number of aromatic amines is 1. The number of hydrogen-bond acceptors (Lipinski definition) is 7.